The monoisotopic (exact) mass is 1160 g/mol. The van der Waals surface area contributed by atoms with Gasteiger partial charge in [-0.15, -0.1) is 0 Å². The predicted molar refractivity (Wildman–Crippen MR) is 306 cm³/mol. The van der Waals surface area contributed by atoms with E-state index in [1.807, 2.05) is 6.08 Å². The number of unbranched alkanes of at least 4 members (excludes halogenated alkanes) is 23. The van der Waals surface area contributed by atoms with Crippen LogP contribution in [0.5, 0.6) is 0 Å². The van der Waals surface area contributed by atoms with Crippen LogP contribution in [0.1, 0.15) is 219 Å². The number of rotatable bonds is 42. The van der Waals surface area contributed by atoms with Crippen molar-refractivity contribution in [1.82, 2.24) is 0 Å². The van der Waals surface area contributed by atoms with Crippen LogP contribution in [0.4, 0.5) is 0 Å². The first-order chi connectivity index (χ1) is 38.8. The predicted octanol–water partition coefficient (Wildman–Crippen LogP) is 10.0. The second-order valence-electron chi connectivity index (χ2n) is 20.7. The van der Waals surface area contributed by atoms with Gasteiger partial charge >= 0.3 is 63.8 Å². The van der Waals surface area contributed by atoms with Crippen molar-refractivity contribution in [2.45, 2.75) is 231 Å². The Morgan fingerprint density at radius 2 is 1.05 bits per heavy atom. The van der Waals surface area contributed by atoms with Gasteiger partial charge in [-0.1, -0.05) is 216 Å². The van der Waals surface area contributed by atoms with Gasteiger partial charge in [0.15, 0.2) is 24.6 Å². The molecule has 1 saturated heterocycles. The van der Waals surface area contributed by atoms with Crippen LogP contribution in [0.25, 0.3) is 0 Å². The van der Waals surface area contributed by atoms with E-state index in [-0.39, 0.29) is 52.7 Å². The first kappa shape index (κ1) is 70.8. The zero-order valence-electron chi connectivity index (χ0n) is 48.7. The van der Waals surface area contributed by atoms with Crippen molar-refractivity contribution in [2.24, 2.45) is 4.99 Å². The second kappa shape index (κ2) is 42.4. The topological polar surface area (TPSA) is 223 Å². The molecule has 4 rings (SSSR count). The Kier molecular flexibility index (Phi) is 37.0. The van der Waals surface area contributed by atoms with E-state index in [0.717, 1.165) is 58.3 Å². The van der Waals surface area contributed by atoms with E-state index in [0.29, 0.717) is 12.8 Å². The molecule has 0 aromatic heterocycles. The summed E-state index contributed by atoms with van der Waals surface area (Å²) < 4.78 is 76.7. The largest absolute Gasteiger partial charge is 1.00 e. The molecular weight excluding hydrogens is 1070 g/mol. The van der Waals surface area contributed by atoms with Gasteiger partial charge in [-0.2, -0.15) is 8.42 Å². The fraction of sp³-hybridized carbons (Fsp3) is 0.603. The van der Waals surface area contributed by atoms with Crippen molar-refractivity contribution in [1.29, 1.82) is 0 Å². The summed E-state index contributed by atoms with van der Waals surface area (Å²) in [6.07, 6.45) is 21.2. The average molecular weight is 1160 g/mol. The van der Waals surface area contributed by atoms with E-state index < -0.39 is 96.2 Å². The van der Waals surface area contributed by atoms with Gasteiger partial charge in [-0.3, -0.25) is 14.3 Å². The molecule has 1 N–H and O–H groups in total. The molecule has 16 nitrogen and oxygen atoms in total. The average Bonchev–Trinajstić information content (AvgIpc) is 3.46. The molecule has 1 fully saturated rings. The Labute approximate surface area is 505 Å². The molecule has 0 aliphatic carbocycles. The number of aliphatic imine (C=N–C) groups is 1. The van der Waals surface area contributed by atoms with E-state index >= 15 is 0 Å². The summed E-state index contributed by atoms with van der Waals surface area (Å²) in [4.78, 5) is 58.3. The number of hydrogen-bond acceptors (Lipinski definition) is 15. The summed E-state index contributed by atoms with van der Waals surface area (Å²) in [6.45, 7) is 4.20. The summed E-state index contributed by atoms with van der Waals surface area (Å²) in [5.41, 5.74) is 0.413. The summed E-state index contributed by atoms with van der Waals surface area (Å²) in [5, 5.41) is 14.0. The molecule has 0 radical (unpaired) electrons. The first-order valence-electron chi connectivity index (χ1n) is 29.5. The number of nitrogens with zero attached hydrogens (tertiary/aromatic N) is 1. The van der Waals surface area contributed by atoms with Crippen LogP contribution in [0.15, 0.2) is 108 Å². The van der Waals surface area contributed by atoms with Crippen LogP contribution >= 0.6 is 0 Å². The minimum Gasteiger partial charge on any atom is -0.862 e. The molecule has 0 bridgehead atoms. The number of allylic oxidation sites excluding steroid dienone is 1. The second-order valence-corrected chi connectivity index (χ2v) is 21.8. The Morgan fingerprint density at radius 1 is 0.605 bits per heavy atom. The van der Waals surface area contributed by atoms with Crippen molar-refractivity contribution in [3.8, 4) is 0 Å². The van der Waals surface area contributed by atoms with E-state index in [4.69, 9.17) is 32.6 Å². The van der Waals surface area contributed by atoms with Crippen LogP contribution in [0.2, 0.25) is 0 Å². The quantitative estimate of drug-likeness (QED) is 0.00814. The van der Waals surface area contributed by atoms with Crippen LogP contribution in [-0.2, 0) is 47.8 Å². The van der Waals surface area contributed by atoms with Gasteiger partial charge in [0.1, 0.15) is 24.9 Å². The number of hydrogen-bond donors (Lipinski definition) is 1. The first-order valence-corrected chi connectivity index (χ1v) is 30.9. The molecule has 1 heterocycles. The van der Waals surface area contributed by atoms with Crippen LogP contribution < -0.4 is 34.7 Å². The molecule has 3 aromatic rings. The molecule has 1 aliphatic rings. The van der Waals surface area contributed by atoms with Gasteiger partial charge in [0.2, 0.25) is 0 Å². The maximum atomic E-state index is 14.0. The summed E-state index contributed by atoms with van der Waals surface area (Å²) in [6, 6.07) is 22.7. The number of carbonyl (C=O) groups excluding carboxylic acids is 4. The molecule has 1 aliphatic heterocycles. The summed E-state index contributed by atoms with van der Waals surface area (Å²) >= 11 is 0. The maximum Gasteiger partial charge on any atom is 1.00 e. The Bertz CT molecular complexity index is 2360. The van der Waals surface area contributed by atoms with Crippen LogP contribution in [0, 0.1) is 0 Å². The standard InChI is InChI=1S/C63H91NO15S.Na/c1-4-6-8-10-12-14-16-18-20-22-24-26-37-45-54(76-61(68)51-41-33-29-34-42-51)53(64-56(66)46-38-27-25-23-21-19-17-15-13-11-9-7-5-2)47-74-63-59(78-62(69)52-43-35-30-36-44-52)58(79-80(70,71)72)57(75-49(3)65)55(77-63)48-73-60(67)50-39-31-28-32-40-50;/h28-37,39-45,53-55,57-59,63H,4-27,38,46-48H2,1-3H3,(H,64,66)(H,70,71,72);/q;+1/p-1/b45-37+;/t53-,54+,55+,57-,58-,59+,63+;/m0./s1. The fourth-order valence-electron chi connectivity index (χ4n) is 9.55. The smallest absolute Gasteiger partial charge is 0.862 e. The molecule has 0 amide bonds. The van der Waals surface area contributed by atoms with E-state index in [1.54, 1.807) is 72.8 Å². The third kappa shape index (κ3) is 30.1. The molecular formula is C63H90NNaO15S. The Morgan fingerprint density at radius 3 is 1.52 bits per heavy atom. The molecule has 3 aromatic carbocycles. The van der Waals surface area contributed by atoms with Crippen molar-refractivity contribution < 1.29 is 99.4 Å². The molecule has 0 unspecified atom stereocenters. The maximum absolute atomic E-state index is 14.0. The van der Waals surface area contributed by atoms with Gasteiger partial charge in [-0.25, -0.2) is 18.6 Å². The molecule has 18 heteroatoms. The van der Waals surface area contributed by atoms with Crippen molar-refractivity contribution >= 4 is 40.2 Å². The number of carbonyl (C=O) groups is 4. The van der Waals surface area contributed by atoms with Crippen LogP contribution in [-0.4, -0.2) is 98.8 Å². The van der Waals surface area contributed by atoms with Crippen molar-refractivity contribution in [3.63, 3.8) is 0 Å². The molecule has 7 atom stereocenters. The molecule has 0 saturated carbocycles. The minimum atomic E-state index is -5.43. The third-order valence-corrected chi connectivity index (χ3v) is 14.4. The molecule has 81 heavy (non-hydrogen) atoms. The zero-order valence-corrected chi connectivity index (χ0v) is 51.5. The summed E-state index contributed by atoms with van der Waals surface area (Å²) in [5.74, 6) is -3.97. The summed E-state index contributed by atoms with van der Waals surface area (Å²) in [7, 11) is -5.43. The number of ether oxygens (including phenoxy) is 6. The number of benzene rings is 3. The Hall–Kier alpha value is -4.46. The van der Waals surface area contributed by atoms with E-state index in [1.165, 1.54) is 121 Å². The molecule has 0 spiro atoms. The van der Waals surface area contributed by atoms with Gasteiger partial charge in [0.05, 0.1) is 23.3 Å². The molecule has 444 valence electrons. The van der Waals surface area contributed by atoms with Crippen molar-refractivity contribution in [2.75, 3.05) is 13.2 Å². The fourth-order valence-corrected chi connectivity index (χ4v) is 10.0. The van der Waals surface area contributed by atoms with Gasteiger partial charge in [0.25, 0.3) is 0 Å². The van der Waals surface area contributed by atoms with Gasteiger partial charge < -0.3 is 33.5 Å². The normalized spacial score (nSPS) is 18.1. The van der Waals surface area contributed by atoms with Gasteiger partial charge in [-0.05, 0) is 74.1 Å². The van der Waals surface area contributed by atoms with E-state index in [9.17, 15) is 37.3 Å². The SMILES string of the molecule is CCCCCCCCCCCCC/C=C/[C@@H](OC(=O)c1ccccc1)[C@H](CO[C@@H]1O[C@H](COC(=O)c2ccccc2)[C@H](OC(C)=O)[C@H](OS(=O)(=O)O)[C@H]1OC(=O)c1ccccc1)N=C([O-])CCCCCCCCCCCCCCC.[Na+]. The third-order valence-electron chi connectivity index (χ3n) is 13.9. The van der Waals surface area contributed by atoms with E-state index in [2.05, 4.69) is 18.8 Å². The zero-order chi connectivity index (χ0) is 57.6. The number of esters is 4. The Balaban J connectivity index is 0.0000172. The minimum absolute atomic E-state index is 0. The van der Waals surface area contributed by atoms with Gasteiger partial charge in [0, 0.05) is 6.92 Å². The van der Waals surface area contributed by atoms with Crippen molar-refractivity contribution in [3.05, 3.63) is 120 Å². The van der Waals surface area contributed by atoms with Crippen LogP contribution in [0.3, 0.4) is 0 Å².